The van der Waals surface area contributed by atoms with Gasteiger partial charge in [0.25, 0.3) is 0 Å². The van der Waals surface area contributed by atoms with Crippen molar-refractivity contribution in [2.75, 3.05) is 26.7 Å². The minimum absolute atomic E-state index is 0. The van der Waals surface area contributed by atoms with Crippen LogP contribution in [-0.2, 0) is 17.9 Å². The van der Waals surface area contributed by atoms with Crippen molar-refractivity contribution in [3.63, 3.8) is 0 Å². The number of ether oxygens (including phenoxy) is 2. The van der Waals surface area contributed by atoms with E-state index in [2.05, 4.69) is 20.9 Å². The molecule has 1 aliphatic rings. The van der Waals surface area contributed by atoms with Crippen LogP contribution in [0.25, 0.3) is 0 Å². The Kier molecular flexibility index (Phi) is 11.1. The van der Waals surface area contributed by atoms with Gasteiger partial charge in [-0.25, -0.2) is 4.99 Å². The second-order valence-electron chi connectivity index (χ2n) is 7.45. The molecule has 0 saturated heterocycles. The maximum atomic E-state index is 11.7. The van der Waals surface area contributed by atoms with E-state index >= 15 is 0 Å². The summed E-state index contributed by atoms with van der Waals surface area (Å²) in [7, 11) is 1.64. The first kappa shape index (κ1) is 25.8. The lowest BCUT2D eigenvalue weighted by molar-refractivity contribution is -0.122. The fraction of sp³-hybridized carbons (Fsp3) is 0.417. The van der Waals surface area contributed by atoms with Gasteiger partial charge in [-0.3, -0.25) is 4.79 Å². The summed E-state index contributed by atoms with van der Waals surface area (Å²) in [4.78, 5) is 16.3. The Labute approximate surface area is 207 Å². The number of carbonyl (C=O) groups excluding carboxylic acids is 1. The van der Waals surface area contributed by atoms with Gasteiger partial charge >= 0.3 is 0 Å². The highest BCUT2D eigenvalue weighted by molar-refractivity contribution is 14.0. The molecule has 3 N–H and O–H groups in total. The van der Waals surface area contributed by atoms with Gasteiger partial charge in [0.1, 0.15) is 6.61 Å². The number of nitrogens with zero attached hydrogens (tertiary/aromatic N) is 1. The predicted octanol–water partition coefficient (Wildman–Crippen LogP) is 3.47. The van der Waals surface area contributed by atoms with Crippen molar-refractivity contribution in [2.24, 2.45) is 10.9 Å². The van der Waals surface area contributed by atoms with Crippen LogP contribution in [0.1, 0.15) is 30.9 Å². The van der Waals surface area contributed by atoms with Gasteiger partial charge in [0.15, 0.2) is 17.5 Å². The van der Waals surface area contributed by atoms with Crippen LogP contribution in [0.2, 0.25) is 0 Å². The number of guanidine groups is 1. The molecule has 0 heterocycles. The number of halogens is 1. The quantitative estimate of drug-likeness (QED) is 0.172. The summed E-state index contributed by atoms with van der Waals surface area (Å²) in [5.41, 5.74) is 2.12. The maximum absolute atomic E-state index is 11.7. The number of benzene rings is 2. The smallest absolute Gasteiger partial charge is 0.223 e. The van der Waals surface area contributed by atoms with Crippen molar-refractivity contribution in [3.05, 3.63) is 59.7 Å². The average molecular weight is 552 g/mol. The molecule has 174 valence electrons. The molecule has 0 unspecified atom stereocenters. The number of rotatable bonds is 11. The van der Waals surface area contributed by atoms with Crippen molar-refractivity contribution >= 4 is 35.8 Å². The molecule has 7 nitrogen and oxygen atoms in total. The zero-order valence-electron chi connectivity index (χ0n) is 18.7. The molecule has 1 fully saturated rings. The van der Waals surface area contributed by atoms with Crippen LogP contribution in [0.15, 0.2) is 53.5 Å². The van der Waals surface area contributed by atoms with Crippen LogP contribution >= 0.6 is 24.0 Å². The molecule has 2 aromatic carbocycles. The highest BCUT2D eigenvalue weighted by atomic mass is 127. The second-order valence-corrected chi connectivity index (χ2v) is 7.45. The minimum Gasteiger partial charge on any atom is -0.493 e. The molecule has 8 heteroatoms. The van der Waals surface area contributed by atoms with Crippen LogP contribution in [-0.4, -0.2) is 38.6 Å². The van der Waals surface area contributed by atoms with E-state index in [1.54, 1.807) is 7.11 Å². The van der Waals surface area contributed by atoms with E-state index < -0.39 is 0 Å². The van der Waals surface area contributed by atoms with Gasteiger partial charge < -0.3 is 25.4 Å². The van der Waals surface area contributed by atoms with Crippen molar-refractivity contribution < 1.29 is 14.3 Å². The third kappa shape index (κ3) is 8.57. The molecule has 0 spiro atoms. The van der Waals surface area contributed by atoms with Crippen LogP contribution < -0.4 is 25.4 Å². The zero-order valence-corrected chi connectivity index (χ0v) is 21.1. The van der Waals surface area contributed by atoms with E-state index in [0.29, 0.717) is 43.7 Å². The SMILES string of the molecule is CCNC(=NCc1ccc(OCc2ccccc2)c(OC)c1)NCCNC(=O)C1CC1.I. The number of aliphatic imine (C=N–C) groups is 1. The molecule has 1 aliphatic carbocycles. The van der Waals surface area contributed by atoms with Crippen LogP contribution in [0.4, 0.5) is 0 Å². The molecular formula is C24H33IN4O3. The van der Waals surface area contributed by atoms with E-state index in [1.165, 1.54) is 0 Å². The molecule has 0 atom stereocenters. The molecule has 1 saturated carbocycles. The van der Waals surface area contributed by atoms with E-state index in [1.807, 2.05) is 55.5 Å². The minimum atomic E-state index is 0. The summed E-state index contributed by atoms with van der Waals surface area (Å²) < 4.78 is 11.4. The molecule has 0 bridgehead atoms. The van der Waals surface area contributed by atoms with Crippen LogP contribution in [0.5, 0.6) is 11.5 Å². The molecule has 0 aromatic heterocycles. The van der Waals surface area contributed by atoms with Crippen LogP contribution in [0, 0.1) is 5.92 Å². The zero-order chi connectivity index (χ0) is 21.9. The van der Waals surface area contributed by atoms with Crippen molar-refractivity contribution in [1.82, 2.24) is 16.0 Å². The summed E-state index contributed by atoms with van der Waals surface area (Å²) in [6.07, 6.45) is 2.03. The largest absolute Gasteiger partial charge is 0.493 e. The summed E-state index contributed by atoms with van der Waals surface area (Å²) in [6, 6.07) is 15.9. The van der Waals surface area contributed by atoms with E-state index in [9.17, 15) is 4.79 Å². The number of carbonyl (C=O) groups is 1. The standard InChI is InChI=1S/C24H32N4O3.HI/c1-3-25-24(27-14-13-26-23(29)20-10-11-20)28-16-19-9-12-21(22(15-19)30-2)31-17-18-7-5-4-6-8-18;/h4-9,12,15,20H,3,10-11,13-14,16-17H2,1-2H3,(H,26,29)(H2,25,27,28);1H. The van der Waals surface area contributed by atoms with Gasteiger partial charge in [-0.15, -0.1) is 24.0 Å². The van der Waals surface area contributed by atoms with Gasteiger partial charge in [0.05, 0.1) is 13.7 Å². The first-order valence-corrected chi connectivity index (χ1v) is 10.8. The number of hydrogen-bond donors (Lipinski definition) is 3. The molecule has 0 radical (unpaired) electrons. The van der Waals surface area contributed by atoms with Crippen LogP contribution in [0.3, 0.4) is 0 Å². The van der Waals surface area contributed by atoms with Crippen molar-refractivity contribution in [1.29, 1.82) is 0 Å². The lowest BCUT2D eigenvalue weighted by Crippen LogP contribution is -2.41. The van der Waals surface area contributed by atoms with Gasteiger partial charge in [-0.1, -0.05) is 36.4 Å². The summed E-state index contributed by atoms with van der Waals surface area (Å²) in [5, 5.41) is 9.42. The number of hydrogen-bond acceptors (Lipinski definition) is 4. The van der Waals surface area contributed by atoms with Crippen molar-refractivity contribution in [2.45, 2.75) is 32.9 Å². The Bertz CT molecular complexity index is 873. The number of methoxy groups -OCH3 is 1. The fourth-order valence-corrected chi connectivity index (χ4v) is 3.03. The Morgan fingerprint density at radius 1 is 1.00 bits per heavy atom. The van der Waals surface area contributed by atoms with Gasteiger partial charge in [0.2, 0.25) is 5.91 Å². The average Bonchev–Trinajstić information content (AvgIpc) is 3.65. The lowest BCUT2D eigenvalue weighted by atomic mass is 10.2. The Morgan fingerprint density at radius 3 is 2.44 bits per heavy atom. The highest BCUT2D eigenvalue weighted by Gasteiger charge is 2.28. The summed E-state index contributed by atoms with van der Waals surface area (Å²) >= 11 is 0. The lowest BCUT2D eigenvalue weighted by Gasteiger charge is -2.13. The van der Waals surface area contributed by atoms with Gasteiger partial charge in [-0.2, -0.15) is 0 Å². The Balaban J connectivity index is 0.00000363. The molecule has 1 amide bonds. The highest BCUT2D eigenvalue weighted by Crippen LogP contribution is 2.29. The summed E-state index contributed by atoms with van der Waals surface area (Å²) in [5.74, 6) is 2.49. The Morgan fingerprint density at radius 2 is 1.75 bits per heavy atom. The molecule has 0 aliphatic heterocycles. The number of nitrogens with one attached hydrogen (secondary N) is 3. The monoisotopic (exact) mass is 552 g/mol. The van der Waals surface area contributed by atoms with E-state index in [0.717, 1.165) is 30.5 Å². The maximum Gasteiger partial charge on any atom is 0.223 e. The summed E-state index contributed by atoms with van der Waals surface area (Å²) in [6.45, 7) is 4.98. The topological polar surface area (TPSA) is 84.0 Å². The van der Waals surface area contributed by atoms with E-state index in [4.69, 9.17) is 9.47 Å². The molecule has 3 rings (SSSR count). The normalized spacial score (nSPS) is 13.0. The van der Waals surface area contributed by atoms with Crippen molar-refractivity contribution in [3.8, 4) is 11.5 Å². The first-order chi connectivity index (χ1) is 15.2. The molecular weight excluding hydrogens is 519 g/mol. The third-order valence-corrected chi connectivity index (χ3v) is 4.89. The molecule has 2 aromatic rings. The second kappa shape index (κ2) is 13.8. The first-order valence-electron chi connectivity index (χ1n) is 10.8. The third-order valence-electron chi connectivity index (χ3n) is 4.89. The van der Waals surface area contributed by atoms with Gasteiger partial charge in [0, 0.05) is 25.6 Å². The molecule has 32 heavy (non-hydrogen) atoms. The van der Waals surface area contributed by atoms with E-state index in [-0.39, 0.29) is 35.8 Å². The predicted molar refractivity (Wildman–Crippen MR) is 138 cm³/mol. The Hall–Kier alpha value is -2.49. The fourth-order valence-electron chi connectivity index (χ4n) is 3.03. The number of amides is 1. The van der Waals surface area contributed by atoms with Gasteiger partial charge in [-0.05, 0) is 43.0 Å².